The minimum atomic E-state index is -0.497. The SMILES string of the molecule is COc1cc(F)cc(Nc2ncc(F)c(NC[C@@H]3CCCN4CCCC[C@H]34)n2)c1. The van der Waals surface area contributed by atoms with Crippen molar-refractivity contribution >= 4 is 17.5 Å². The Morgan fingerprint density at radius 1 is 1.14 bits per heavy atom. The Morgan fingerprint density at radius 3 is 2.86 bits per heavy atom. The molecule has 2 aliphatic heterocycles. The quantitative estimate of drug-likeness (QED) is 0.754. The van der Waals surface area contributed by atoms with E-state index in [-0.39, 0.29) is 11.8 Å². The van der Waals surface area contributed by atoms with Gasteiger partial charge in [0.1, 0.15) is 11.6 Å². The van der Waals surface area contributed by atoms with Gasteiger partial charge in [-0.2, -0.15) is 4.98 Å². The standard InChI is InChI=1S/C21H27F2N5O/c1-29-17-10-15(22)9-16(11-17)26-21-25-13-18(23)20(27-21)24-12-14-5-4-8-28-7-3-2-6-19(14)28/h9-11,13-14,19H,2-8,12H2,1H3,(H2,24,25,26,27)/t14-,19+/m0/s1. The van der Waals surface area contributed by atoms with Crippen LogP contribution in [0.25, 0.3) is 0 Å². The number of anilines is 3. The van der Waals surface area contributed by atoms with E-state index in [2.05, 4.69) is 25.5 Å². The van der Waals surface area contributed by atoms with Crippen LogP contribution in [0.2, 0.25) is 0 Å². The third kappa shape index (κ3) is 4.75. The number of piperidine rings is 2. The van der Waals surface area contributed by atoms with Crippen LogP contribution in [0, 0.1) is 17.6 Å². The molecule has 0 aliphatic carbocycles. The Kier molecular flexibility index (Phi) is 6.08. The molecule has 8 heteroatoms. The number of hydrogen-bond acceptors (Lipinski definition) is 6. The Labute approximate surface area is 169 Å². The number of benzene rings is 1. The summed E-state index contributed by atoms with van der Waals surface area (Å²) in [5.41, 5.74) is 0.435. The molecule has 1 aromatic heterocycles. The summed E-state index contributed by atoms with van der Waals surface area (Å²) in [6.07, 6.45) is 7.22. The molecule has 0 spiro atoms. The Hall–Kier alpha value is -2.48. The number of nitrogens with zero attached hydrogens (tertiary/aromatic N) is 3. The van der Waals surface area contributed by atoms with Gasteiger partial charge in [-0.3, -0.25) is 0 Å². The van der Waals surface area contributed by atoms with E-state index in [9.17, 15) is 8.78 Å². The van der Waals surface area contributed by atoms with Gasteiger partial charge < -0.3 is 20.3 Å². The largest absolute Gasteiger partial charge is 0.497 e. The summed E-state index contributed by atoms with van der Waals surface area (Å²) in [6.45, 7) is 3.03. The van der Waals surface area contributed by atoms with Gasteiger partial charge in [-0.05, 0) is 50.8 Å². The van der Waals surface area contributed by atoms with E-state index in [1.165, 1.54) is 58.0 Å². The summed E-state index contributed by atoms with van der Waals surface area (Å²) in [4.78, 5) is 10.8. The van der Waals surface area contributed by atoms with E-state index >= 15 is 0 Å². The first-order valence-corrected chi connectivity index (χ1v) is 10.2. The molecule has 3 heterocycles. The highest BCUT2D eigenvalue weighted by Gasteiger charge is 2.32. The second-order valence-corrected chi connectivity index (χ2v) is 7.78. The van der Waals surface area contributed by atoms with Crippen molar-refractivity contribution in [2.24, 2.45) is 5.92 Å². The zero-order valence-corrected chi connectivity index (χ0v) is 16.6. The van der Waals surface area contributed by atoms with Crippen LogP contribution >= 0.6 is 0 Å². The molecule has 29 heavy (non-hydrogen) atoms. The fraction of sp³-hybridized carbons (Fsp3) is 0.524. The average Bonchev–Trinajstić information content (AvgIpc) is 2.73. The lowest BCUT2D eigenvalue weighted by atomic mass is 9.83. The first-order valence-electron chi connectivity index (χ1n) is 10.2. The molecule has 6 nitrogen and oxygen atoms in total. The number of aromatic nitrogens is 2. The third-order valence-electron chi connectivity index (χ3n) is 5.87. The Balaban J connectivity index is 1.44. The predicted octanol–water partition coefficient (Wildman–Crippen LogP) is 4.18. The topological polar surface area (TPSA) is 62.3 Å². The zero-order valence-electron chi connectivity index (χ0n) is 16.6. The molecule has 1 aromatic carbocycles. The molecule has 0 amide bonds. The van der Waals surface area contributed by atoms with Gasteiger partial charge in [0.2, 0.25) is 5.95 Å². The van der Waals surface area contributed by atoms with Crippen LogP contribution in [0.15, 0.2) is 24.4 Å². The molecule has 0 saturated carbocycles. The van der Waals surface area contributed by atoms with Crippen LogP contribution < -0.4 is 15.4 Å². The smallest absolute Gasteiger partial charge is 0.229 e. The fourth-order valence-electron chi connectivity index (χ4n) is 4.48. The minimum Gasteiger partial charge on any atom is -0.497 e. The second-order valence-electron chi connectivity index (χ2n) is 7.78. The van der Waals surface area contributed by atoms with Crippen molar-refractivity contribution in [1.82, 2.24) is 14.9 Å². The molecular weight excluding hydrogens is 376 g/mol. The molecular formula is C21H27F2N5O. The molecule has 0 radical (unpaired) electrons. The van der Waals surface area contributed by atoms with Gasteiger partial charge in [-0.15, -0.1) is 0 Å². The summed E-state index contributed by atoms with van der Waals surface area (Å²) in [5.74, 6) is 0.290. The lowest BCUT2D eigenvalue weighted by Crippen LogP contribution is -2.49. The third-order valence-corrected chi connectivity index (χ3v) is 5.87. The van der Waals surface area contributed by atoms with Crippen LogP contribution in [0.5, 0.6) is 5.75 Å². The minimum absolute atomic E-state index is 0.166. The maximum atomic E-state index is 14.3. The summed E-state index contributed by atoms with van der Waals surface area (Å²) >= 11 is 0. The van der Waals surface area contributed by atoms with Gasteiger partial charge in [-0.1, -0.05) is 6.42 Å². The molecule has 2 N–H and O–H groups in total. The van der Waals surface area contributed by atoms with E-state index < -0.39 is 11.6 Å². The van der Waals surface area contributed by atoms with Gasteiger partial charge >= 0.3 is 0 Å². The van der Waals surface area contributed by atoms with Gasteiger partial charge in [0.05, 0.1) is 13.3 Å². The van der Waals surface area contributed by atoms with E-state index in [0.29, 0.717) is 29.9 Å². The van der Waals surface area contributed by atoms with E-state index in [4.69, 9.17) is 4.74 Å². The van der Waals surface area contributed by atoms with Crippen molar-refractivity contribution < 1.29 is 13.5 Å². The monoisotopic (exact) mass is 403 g/mol. The Morgan fingerprint density at radius 2 is 2.00 bits per heavy atom. The van der Waals surface area contributed by atoms with Crippen LogP contribution in [0.1, 0.15) is 32.1 Å². The number of rotatable bonds is 6. The van der Waals surface area contributed by atoms with Crippen molar-refractivity contribution in [2.75, 3.05) is 37.4 Å². The van der Waals surface area contributed by atoms with Crippen LogP contribution in [0.3, 0.4) is 0 Å². The van der Waals surface area contributed by atoms with Crippen molar-refractivity contribution in [3.63, 3.8) is 0 Å². The number of halogens is 2. The second kappa shape index (κ2) is 8.90. The van der Waals surface area contributed by atoms with Gasteiger partial charge in [0, 0.05) is 30.4 Å². The van der Waals surface area contributed by atoms with Crippen molar-refractivity contribution in [1.29, 1.82) is 0 Å². The highest BCUT2D eigenvalue weighted by atomic mass is 19.1. The Bertz CT molecular complexity index is 848. The van der Waals surface area contributed by atoms with E-state index in [1.54, 1.807) is 6.07 Å². The molecule has 2 aliphatic rings. The fourth-order valence-corrected chi connectivity index (χ4v) is 4.48. The van der Waals surface area contributed by atoms with Crippen molar-refractivity contribution in [3.05, 3.63) is 36.0 Å². The number of methoxy groups -OCH3 is 1. The molecule has 156 valence electrons. The lowest BCUT2D eigenvalue weighted by molar-refractivity contribution is 0.0648. The normalized spacial score (nSPS) is 22.0. The summed E-state index contributed by atoms with van der Waals surface area (Å²) in [7, 11) is 1.47. The molecule has 2 saturated heterocycles. The maximum absolute atomic E-state index is 14.3. The molecule has 0 unspecified atom stereocenters. The van der Waals surface area contributed by atoms with Crippen LogP contribution in [-0.2, 0) is 0 Å². The number of hydrogen-bond donors (Lipinski definition) is 2. The highest BCUT2D eigenvalue weighted by Crippen LogP contribution is 2.31. The lowest BCUT2D eigenvalue weighted by Gasteiger charge is -2.44. The van der Waals surface area contributed by atoms with Crippen molar-refractivity contribution in [3.8, 4) is 5.75 Å². The average molecular weight is 403 g/mol. The van der Waals surface area contributed by atoms with Crippen LogP contribution in [0.4, 0.5) is 26.2 Å². The van der Waals surface area contributed by atoms with Crippen LogP contribution in [-0.4, -0.2) is 47.7 Å². The van der Waals surface area contributed by atoms with Gasteiger partial charge in [-0.25, -0.2) is 13.8 Å². The highest BCUT2D eigenvalue weighted by molar-refractivity contribution is 5.57. The first kappa shape index (κ1) is 19.8. The predicted molar refractivity (Wildman–Crippen MR) is 109 cm³/mol. The maximum Gasteiger partial charge on any atom is 0.229 e. The summed E-state index contributed by atoms with van der Waals surface area (Å²) < 4.78 is 33.0. The molecule has 2 fully saturated rings. The molecule has 2 atom stereocenters. The number of fused-ring (bicyclic) bond motifs is 1. The molecule has 0 bridgehead atoms. The van der Waals surface area contributed by atoms with Gasteiger partial charge in [0.25, 0.3) is 0 Å². The van der Waals surface area contributed by atoms with E-state index in [0.717, 1.165) is 12.6 Å². The summed E-state index contributed by atoms with van der Waals surface area (Å²) in [5, 5.41) is 6.10. The first-order chi connectivity index (χ1) is 14.1. The zero-order chi connectivity index (χ0) is 20.2. The van der Waals surface area contributed by atoms with Crippen molar-refractivity contribution in [2.45, 2.75) is 38.1 Å². The van der Waals surface area contributed by atoms with E-state index in [1.807, 2.05) is 0 Å². The van der Waals surface area contributed by atoms with Gasteiger partial charge in [0.15, 0.2) is 11.6 Å². The molecule has 4 rings (SSSR count). The summed E-state index contributed by atoms with van der Waals surface area (Å²) in [6, 6.07) is 4.79. The number of ether oxygens (including phenoxy) is 1. The molecule has 2 aromatic rings. The number of nitrogens with one attached hydrogen (secondary N) is 2.